The number of hydrogen-bond acceptors (Lipinski definition) is 6. The van der Waals surface area contributed by atoms with Gasteiger partial charge >= 0.3 is 0 Å². The third kappa shape index (κ3) is 5.15. The van der Waals surface area contributed by atoms with E-state index >= 15 is 0 Å². The summed E-state index contributed by atoms with van der Waals surface area (Å²) in [7, 11) is 0. The van der Waals surface area contributed by atoms with Crippen molar-refractivity contribution in [3.05, 3.63) is 64.7 Å². The molecule has 0 aliphatic heterocycles. The van der Waals surface area contributed by atoms with Gasteiger partial charge in [-0.2, -0.15) is 0 Å². The van der Waals surface area contributed by atoms with Crippen molar-refractivity contribution >= 4 is 45.7 Å². The highest BCUT2D eigenvalue weighted by Gasteiger charge is 2.19. The number of nitrogens with zero attached hydrogens (tertiary/aromatic N) is 2. The molecule has 0 aliphatic carbocycles. The quantitative estimate of drug-likeness (QED) is 0.443. The first kappa shape index (κ1) is 20.9. The van der Waals surface area contributed by atoms with Crippen LogP contribution in [-0.4, -0.2) is 27.8 Å². The molecule has 2 aromatic carbocycles. The van der Waals surface area contributed by atoms with Gasteiger partial charge in [-0.25, -0.2) is 8.78 Å². The SMILES string of the molecule is Cc1cccc(NC(=O)CSc2nnc(NC(=O)c3c(F)cccc3F)s2)c1C. The molecule has 0 radical (unpaired) electrons. The summed E-state index contributed by atoms with van der Waals surface area (Å²) in [6, 6.07) is 8.81. The molecule has 0 saturated carbocycles. The second-order valence-electron chi connectivity index (χ2n) is 6.01. The van der Waals surface area contributed by atoms with Crippen molar-refractivity contribution in [3.8, 4) is 0 Å². The van der Waals surface area contributed by atoms with E-state index in [0.29, 0.717) is 4.34 Å². The molecule has 0 fully saturated rings. The number of halogens is 2. The maximum Gasteiger partial charge on any atom is 0.263 e. The largest absolute Gasteiger partial charge is 0.325 e. The highest BCUT2D eigenvalue weighted by atomic mass is 32.2. The number of anilines is 2. The topological polar surface area (TPSA) is 84.0 Å². The molecule has 1 heterocycles. The summed E-state index contributed by atoms with van der Waals surface area (Å²) in [6.07, 6.45) is 0. The number of rotatable bonds is 6. The van der Waals surface area contributed by atoms with Gasteiger partial charge in [-0.1, -0.05) is 41.3 Å². The van der Waals surface area contributed by atoms with E-state index in [1.165, 1.54) is 6.07 Å². The Morgan fingerprint density at radius 1 is 1.03 bits per heavy atom. The summed E-state index contributed by atoms with van der Waals surface area (Å²) in [5.41, 5.74) is 2.12. The minimum absolute atomic E-state index is 0.0788. The van der Waals surface area contributed by atoms with Gasteiger partial charge < -0.3 is 5.32 Å². The Hall–Kier alpha value is -2.85. The van der Waals surface area contributed by atoms with E-state index < -0.39 is 23.1 Å². The molecule has 1 aromatic heterocycles. The van der Waals surface area contributed by atoms with Gasteiger partial charge in [0.1, 0.15) is 17.2 Å². The monoisotopic (exact) mass is 434 g/mol. The molecule has 6 nitrogen and oxygen atoms in total. The summed E-state index contributed by atoms with van der Waals surface area (Å²) in [6.45, 7) is 3.89. The first-order valence-corrected chi connectivity index (χ1v) is 10.2. The Balaban J connectivity index is 1.57. The standard InChI is InChI=1S/C19H16F2N4O2S2/c1-10-5-3-8-14(11(10)2)22-15(26)9-28-19-25-24-18(29-19)23-17(27)16-12(20)6-4-7-13(16)21/h3-8H,9H2,1-2H3,(H,22,26)(H,23,24,27). The van der Waals surface area contributed by atoms with Crippen molar-refractivity contribution in [1.29, 1.82) is 0 Å². The fraction of sp³-hybridized carbons (Fsp3) is 0.158. The van der Waals surface area contributed by atoms with Crippen LogP contribution in [0.3, 0.4) is 0 Å². The van der Waals surface area contributed by atoms with E-state index in [-0.39, 0.29) is 16.8 Å². The number of carbonyl (C=O) groups is 2. The summed E-state index contributed by atoms with van der Waals surface area (Å²) in [4.78, 5) is 24.2. The van der Waals surface area contributed by atoms with Crippen molar-refractivity contribution < 1.29 is 18.4 Å². The summed E-state index contributed by atoms with van der Waals surface area (Å²) < 4.78 is 27.8. The van der Waals surface area contributed by atoms with Crippen LogP contribution >= 0.6 is 23.1 Å². The highest BCUT2D eigenvalue weighted by Crippen LogP contribution is 2.27. The molecule has 150 valence electrons. The van der Waals surface area contributed by atoms with Crippen LogP contribution in [0.25, 0.3) is 0 Å². The predicted octanol–water partition coefficient (Wildman–Crippen LogP) is 4.42. The summed E-state index contributed by atoms with van der Waals surface area (Å²) >= 11 is 2.15. The van der Waals surface area contributed by atoms with Crippen LogP contribution in [0.4, 0.5) is 19.6 Å². The lowest BCUT2D eigenvalue weighted by molar-refractivity contribution is -0.113. The molecule has 3 aromatic rings. The van der Waals surface area contributed by atoms with Crippen LogP contribution in [0.2, 0.25) is 0 Å². The number of thioether (sulfide) groups is 1. The maximum atomic E-state index is 13.7. The second-order valence-corrected chi connectivity index (χ2v) is 8.21. The lowest BCUT2D eigenvalue weighted by Gasteiger charge is -2.09. The highest BCUT2D eigenvalue weighted by molar-refractivity contribution is 8.01. The lowest BCUT2D eigenvalue weighted by atomic mass is 10.1. The number of amides is 2. The fourth-order valence-electron chi connectivity index (χ4n) is 2.39. The molecule has 0 aliphatic rings. The second kappa shape index (κ2) is 9.10. The normalized spacial score (nSPS) is 10.6. The Morgan fingerprint density at radius 2 is 1.72 bits per heavy atom. The molecule has 0 saturated heterocycles. The van der Waals surface area contributed by atoms with Crippen LogP contribution in [0, 0.1) is 25.5 Å². The molecule has 0 bridgehead atoms. The van der Waals surface area contributed by atoms with Gasteiger partial charge in [-0.15, -0.1) is 10.2 Å². The zero-order chi connectivity index (χ0) is 21.0. The fourth-order valence-corrected chi connectivity index (χ4v) is 3.94. The smallest absolute Gasteiger partial charge is 0.263 e. The number of hydrogen-bond donors (Lipinski definition) is 2. The van der Waals surface area contributed by atoms with Gasteiger partial charge in [0.05, 0.1) is 5.75 Å². The first-order valence-electron chi connectivity index (χ1n) is 8.43. The minimum atomic E-state index is -0.968. The number of aromatic nitrogens is 2. The van der Waals surface area contributed by atoms with Crippen LogP contribution in [0.5, 0.6) is 0 Å². The van der Waals surface area contributed by atoms with Gasteiger partial charge in [-0.3, -0.25) is 14.9 Å². The Morgan fingerprint density at radius 3 is 2.45 bits per heavy atom. The summed E-state index contributed by atoms with van der Waals surface area (Å²) in [5, 5.41) is 12.9. The maximum absolute atomic E-state index is 13.7. The van der Waals surface area contributed by atoms with E-state index in [9.17, 15) is 18.4 Å². The van der Waals surface area contributed by atoms with E-state index in [0.717, 1.165) is 52.0 Å². The molecule has 3 rings (SSSR count). The minimum Gasteiger partial charge on any atom is -0.325 e. The molecule has 29 heavy (non-hydrogen) atoms. The number of aryl methyl sites for hydroxylation is 1. The molecule has 0 spiro atoms. The number of carbonyl (C=O) groups excluding carboxylic acids is 2. The average Bonchev–Trinajstić information content (AvgIpc) is 3.11. The van der Waals surface area contributed by atoms with E-state index in [1.54, 1.807) is 0 Å². The van der Waals surface area contributed by atoms with E-state index in [1.807, 2.05) is 32.0 Å². The van der Waals surface area contributed by atoms with Crippen LogP contribution < -0.4 is 10.6 Å². The average molecular weight is 434 g/mol. The molecule has 2 N–H and O–H groups in total. The molecule has 10 heteroatoms. The molecular formula is C19H16F2N4O2S2. The van der Waals surface area contributed by atoms with Crippen molar-refractivity contribution in [2.24, 2.45) is 0 Å². The predicted molar refractivity (Wildman–Crippen MR) is 109 cm³/mol. The van der Waals surface area contributed by atoms with Gasteiger partial charge in [0.15, 0.2) is 4.34 Å². The van der Waals surface area contributed by atoms with Crippen molar-refractivity contribution in [1.82, 2.24) is 10.2 Å². The number of nitrogens with one attached hydrogen (secondary N) is 2. The third-order valence-electron chi connectivity index (χ3n) is 4.02. The zero-order valence-electron chi connectivity index (χ0n) is 15.5. The molecule has 2 amide bonds. The van der Waals surface area contributed by atoms with Gasteiger partial charge in [0, 0.05) is 5.69 Å². The molecular weight excluding hydrogens is 418 g/mol. The van der Waals surface area contributed by atoms with Crippen LogP contribution in [0.1, 0.15) is 21.5 Å². The lowest BCUT2D eigenvalue weighted by Crippen LogP contribution is -2.15. The van der Waals surface area contributed by atoms with E-state index in [4.69, 9.17) is 0 Å². The van der Waals surface area contributed by atoms with E-state index in [2.05, 4.69) is 20.8 Å². The van der Waals surface area contributed by atoms with Gasteiger partial charge in [0.25, 0.3) is 5.91 Å². The van der Waals surface area contributed by atoms with Gasteiger partial charge in [-0.05, 0) is 43.2 Å². The summed E-state index contributed by atoms with van der Waals surface area (Å²) in [5.74, 6) is -3.01. The van der Waals surface area contributed by atoms with Crippen molar-refractivity contribution in [3.63, 3.8) is 0 Å². The molecule has 0 unspecified atom stereocenters. The zero-order valence-corrected chi connectivity index (χ0v) is 17.1. The van der Waals surface area contributed by atoms with Crippen LogP contribution in [-0.2, 0) is 4.79 Å². The first-order chi connectivity index (χ1) is 13.8. The third-order valence-corrected chi connectivity index (χ3v) is 5.99. The van der Waals surface area contributed by atoms with Crippen molar-refractivity contribution in [2.75, 3.05) is 16.4 Å². The Bertz CT molecular complexity index is 1050. The van der Waals surface area contributed by atoms with Crippen molar-refractivity contribution in [2.45, 2.75) is 18.2 Å². The van der Waals surface area contributed by atoms with Crippen LogP contribution in [0.15, 0.2) is 40.7 Å². The number of benzene rings is 2. The Labute approximate surface area is 173 Å². The van der Waals surface area contributed by atoms with Gasteiger partial charge in [0.2, 0.25) is 11.0 Å². The Kier molecular flexibility index (Phi) is 6.55. The molecule has 0 atom stereocenters.